The molecule has 1 saturated carbocycles. The average molecular weight is 194 g/mol. The van der Waals surface area contributed by atoms with Crippen LogP contribution in [0, 0.1) is 6.92 Å². The normalized spacial score (nSPS) is 19.8. The topological polar surface area (TPSA) is 66.0 Å². The van der Waals surface area contributed by atoms with Crippen LogP contribution >= 0.6 is 0 Å². The summed E-state index contributed by atoms with van der Waals surface area (Å²) in [5, 5.41) is 9.31. The number of aliphatic carboxylic acids is 1. The van der Waals surface area contributed by atoms with E-state index in [9.17, 15) is 9.90 Å². The van der Waals surface area contributed by atoms with E-state index in [0.29, 0.717) is 12.8 Å². The van der Waals surface area contributed by atoms with Crippen molar-refractivity contribution in [3.05, 3.63) is 17.7 Å². The number of carbonyl (C=O) groups is 1. The van der Waals surface area contributed by atoms with Crippen LogP contribution in [0.5, 0.6) is 0 Å². The van der Waals surface area contributed by atoms with Crippen LogP contribution in [0.2, 0.25) is 0 Å². The quantitative estimate of drug-likeness (QED) is 0.751. The van der Waals surface area contributed by atoms with Crippen LogP contribution in [0.25, 0.3) is 0 Å². The first-order valence-electron chi connectivity index (χ1n) is 4.91. The van der Waals surface area contributed by atoms with Crippen molar-refractivity contribution in [2.45, 2.75) is 38.0 Å². The van der Waals surface area contributed by atoms with E-state index in [0.717, 1.165) is 24.2 Å². The van der Waals surface area contributed by atoms with Gasteiger partial charge in [-0.1, -0.05) is 12.8 Å². The molecular formula is C10H14N2O2. The fourth-order valence-electron chi connectivity index (χ4n) is 2.37. The molecule has 0 amide bonds. The van der Waals surface area contributed by atoms with Crippen molar-refractivity contribution in [1.29, 1.82) is 0 Å². The molecule has 1 aromatic heterocycles. The van der Waals surface area contributed by atoms with Gasteiger partial charge in [-0.2, -0.15) is 0 Å². The molecule has 0 atom stereocenters. The van der Waals surface area contributed by atoms with Gasteiger partial charge < -0.3 is 10.1 Å². The molecule has 0 aliphatic heterocycles. The molecule has 4 nitrogen and oxygen atoms in total. The fraction of sp³-hybridized carbons (Fsp3) is 0.600. The highest BCUT2D eigenvalue weighted by Crippen LogP contribution is 2.41. The number of rotatable bonds is 2. The Labute approximate surface area is 82.4 Å². The lowest BCUT2D eigenvalue weighted by Crippen LogP contribution is -2.33. The summed E-state index contributed by atoms with van der Waals surface area (Å²) >= 11 is 0. The lowest BCUT2D eigenvalue weighted by Gasteiger charge is -2.22. The van der Waals surface area contributed by atoms with Crippen molar-refractivity contribution in [2.24, 2.45) is 0 Å². The third kappa shape index (κ3) is 1.14. The van der Waals surface area contributed by atoms with Crippen LogP contribution in [0.4, 0.5) is 0 Å². The van der Waals surface area contributed by atoms with Crippen molar-refractivity contribution in [1.82, 2.24) is 9.97 Å². The van der Waals surface area contributed by atoms with Crippen molar-refractivity contribution < 1.29 is 9.90 Å². The summed E-state index contributed by atoms with van der Waals surface area (Å²) < 4.78 is 0. The highest BCUT2D eigenvalue weighted by molar-refractivity contribution is 5.81. The number of carboxylic acids is 1. The fourth-order valence-corrected chi connectivity index (χ4v) is 2.37. The summed E-state index contributed by atoms with van der Waals surface area (Å²) in [7, 11) is 0. The van der Waals surface area contributed by atoms with Gasteiger partial charge in [0.05, 0.1) is 12.0 Å². The molecule has 0 spiro atoms. The molecule has 1 aliphatic rings. The second kappa shape index (κ2) is 3.12. The molecule has 2 N–H and O–H groups in total. The highest BCUT2D eigenvalue weighted by atomic mass is 16.4. The zero-order valence-corrected chi connectivity index (χ0v) is 8.21. The smallest absolute Gasteiger partial charge is 0.315 e. The summed E-state index contributed by atoms with van der Waals surface area (Å²) in [6.07, 6.45) is 4.98. The molecule has 0 radical (unpaired) electrons. The van der Waals surface area contributed by atoms with Crippen LogP contribution < -0.4 is 0 Å². The monoisotopic (exact) mass is 194 g/mol. The first-order chi connectivity index (χ1) is 6.67. The minimum absolute atomic E-state index is 0.716. The summed E-state index contributed by atoms with van der Waals surface area (Å²) in [6.45, 7) is 1.88. The summed E-state index contributed by atoms with van der Waals surface area (Å²) in [5.41, 5.74) is 0.890. The van der Waals surface area contributed by atoms with Gasteiger partial charge in [0, 0.05) is 5.69 Å². The number of aryl methyl sites for hydroxylation is 1. The van der Waals surface area contributed by atoms with E-state index in [2.05, 4.69) is 9.97 Å². The van der Waals surface area contributed by atoms with Gasteiger partial charge in [0.15, 0.2) is 0 Å². The molecule has 1 aliphatic carbocycles. The number of aromatic amines is 1. The lowest BCUT2D eigenvalue weighted by atomic mass is 9.82. The molecule has 2 rings (SSSR count). The van der Waals surface area contributed by atoms with Crippen molar-refractivity contribution >= 4 is 5.97 Å². The lowest BCUT2D eigenvalue weighted by molar-refractivity contribution is -0.143. The highest BCUT2D eigenvalue weighted by Gasteiger charge is 2.45. The summed E-state index contributed by atoms with van der Waals surface area (Å²) in [5.74, 6) is -0.731. The van der Waals surface area contributed by atoms with E-state index in [-0.39, 0.29) is 0 Å². The van der Waals surface area contributed by atoms with E-state index < -0.39 is 11.4 Å². The van der Waals surface area contributed by atoms with Crippen molar-refractivity contribution in [3.63, 3.8) is 0 Å². The molecule has 0 unspecified atom stereocenters. The maximum absolute atomic E-state index is 11.3. The van der Waals surface area contributed by atoms with E-state index in [1.807, 2.05) is 6.92 Å². The first-order valence-corrected chi connectivity index (χ1v) is 4.91. The minimum Gasteiger partial charge on any atom is -0.481 e. The Kier molecular flexibility index (Phi) is 2.06. The molecule has 0 aromatic carbocycles. The molecule has 1 aromatic rings. The Morgan fingerprint density at radius 1 is 1.57 bits per heavy atom. The molecule has 1 fully saturated rings. The Bertz CT molecular complexity index is 351. The molecule has 14 heavy (non-hydrogen) atoms. The standard InChI is InChI=1S/C10H14N2O2/c1-7-8(12-6-11-7)10(9(13)14)4-2-3-5-10/h6H,2-5H2,1H3,(H,11,12)(H,13,14). The second-order valence-corrected chi connectivity index (χ2v) is 3.97. The average Bonchev–Trinajstić information content (AvgIpc) is 2.72. The largest absolute Gasteiger partial charge is 0.481 e. The zero-order chi connectivity index (χ0) is 10.2. The predicted octanol–water partition coefficient (Wildman–Crippen LogP) is 1.61. The Morgan fingerprint density at radius 3 is 2.64 bits per heavy atom. The summed E-state index contributed by atoms with van der Waals surface area (Å²) in [6, 6.07) is 0. The van der Waals surface area contributed by atoms with Crippen LogP contribution in [0.15, 0.2) is 6.33 Å². The number of aromatic nitrogens is 2. The Morgan fingerprint density at radius 2 is 2.21 bits per heavy atom. The van der Waals surface area contributed by atoms with Gasteiger partial charge >= 0.3 is 5.97 Å². The van der Waals surface area contributed by atoms with E-state index in [4.69, 9.17) is 0 Å². The van der Waals surface area contributed by atoms with Gasteiger partial charge in [-0.3, -0.25) is 4.79 Å². The molecule has 76 valence electrons. The number of hydrogen-bond donors (Lipinski definition) is 2. The molecule has 0 saturated heterocycles. The number of H-pyrrole nitrogens is 1. The van der Waals surface area contributed by atoms with Crippen LogP contribution in [0.3, 0.4) is 0 Å². The van der Waals surface area contributed by atoms with E-state index in [1.54, 1.807) is 6.33 Å². The maximum atomic E-state index is 11.3. The Hall–Kier alpha value is -1.32. The molecular weight excluding hydrogens is 180 g/mol. The molecule has 4 heteroatoms. The van der Waals surface area contributed by atoms with Crippen LogP contribution in [-0.4, -0.2) is 21.0 Å². The molecule has 1 heterocycles. The number of nitrogens with one attached hydrogen (secondary N) is 1. The van der Waals surface area contributed by atoms with Gasteiger partial charge in [-0.15, -0.1) is 0 Å². The number of carboxylic acid groups (broad SMARTS) is 1. The van der Waals surface area contributed by atoms with Gasteiger partial charge in [0.2, 0.25) is 0 Å². The number of hydrogen-bond acceptors (Lipinski definition) is 2. The van der Waals surface area contributed by atoms with Crippen molar-refractivity contribution in [3.8, 4) is 0 Å². The Balaban J connectivity index is 2.46. The first kappa shape index (κ1) is 9.24. The minimum atomic E-state index is -0.731. The van der Waals surface area contributed by atoms with Crippen molar-refractivity contribution in [2.75, 3.05) is 0 Å². The number of nitrogens with zero attached hydrogens (tertiary/aromatic N) is 1. The summed E-state index contributed by atoms with van der Waals surface area (Å²) in [4.78, 5) is 18.4. The molecule has 0 bridgehead atoms. The van der Waals surface area contributed by atoms with Gasteiger partial charge in [-0.05, 0) is 19.8 Å². The van der Waals surface area contributed by atoms with E-state index in [1.165, 1.54) is 0 Å². The predicted molar refractivity (Wildman–Crippen MR) is 51.1 cm³/mol. The third-order valence-corrected chi connectivity index (χ3v) is 3.15. The van der Waals surface area contributed by atoms with Gasteiger partial charge in [-0.25, -0.2) is 4.98 Å². The van der Waals surface area contributed by atoms with E-state index >= 15 is 0 Å². The van der Waals surface area contributed by atoms with Gasteiger partial charge in [0.25, 0.3) is 0 Å². The van der Waals surface area contributed by atoms with Gasteiger partial charge in [0.1, 0.15) is 5.41 Å². The van der Waals surface area contributed by atoms with Crippen LogP contribution in [0.1, 0.15) is 37.1 Å². The SMILES string of the molecule is Cc1[nH]cnc1C1(C(=O)O)CCCC1. The third-order valence-electron chi connectivity index (χ3n) is 3.15. The maximum Gasteiger partial charge on any atom is 0.315 e. The van der Waals surface area contributed by atoms with Crippen LogP contribution in [-0.2, 0) is 10.2 Å². The number of imidazole rings is 1. The second-order valence-electron chi connectivity index (χ2n) is 3.97. The zero-order valence-electron chi connectivity index (χ0n) is 8.21.